The van der Waals surface area contributed by atoms with Crippen molar-refractivity contribution in [1.29, 1.82) is 0 Å². The highest BCUT2D eigenvalue weighted by Crippen LogP contribution is 2.29. The molecule has 26 heavy (non-hydrogen) atoms. The quantitative estimate of drug-likeness (QED) is 0.797. The molecule has 0 saturated heterocycles. The van der Waals surface area contributed by atoms with Gasteiger partial charge in [0.2, 0.25) is 0 Å². The molecule has 5 nitrogen and oxygen atoms in total. The summed E-state index contributed by atoms with van der Waals surface area (Å²) >= 11 is 0. The minimum atomic E-state index is -4.41. The molecule has 2 rings (SSSR count). The second-order valence-electron chi connectivity index (χ2n) is 5.28. The number of hydrogen-bond acceptors (Lipinski definition) is 4. The Labute approximate surface area is 147 Å². The molecule has 0 aliphatic carbocycles. The van der Waals surface area contributed by atoms with Gasteiger partial charge in [0.15, 0.2) is 6.61 Å². The molecule has 0 atom stereocenters. The first-order chi connectivity index (χ1) is 12.3. The molecule has 1 amide bonds. The monoisotopic (exact) mass is 367 g/mol. The van der Waals surface area contributed by atoms with Crippen molar-refractivity contribution in [2.75, 3.05) is 13.7 Å². The van der Waals surface area contributed by atoms with Crippen molar-refractivity contribution in [3.63, 3.8) is 0 Å². The number of ether oxygens (including phenoxy) is 2. The van der Waals surface area contributed by atoms with Gasteiger partial charge in [-0.05, 0) is 42.0 Å². The number of halogens is 3. The Hall–Kier alpha value is -3.03. The number of methoxy groups -OCH3 is 1. The van der Waals surface area contributed by atoms with Crippen LogP contribution in [0.2, 0.25) is 0 Å². The molecule has 0 saturated carbocycles. The van der Waals surface area contributed by atoms with Gasteiger partial charge in [0.05, 0.1) is 18.2 Å². The van der Waals surface area contributed by atoms with Crippen LogP contribution in [0.5, 0.6) is 5.75 Å². The first-order valence-electron chi connectivity index (χ1n) is 7.53. The summed E-state index contributed by atoms with van der Waals surface area (Å²) in [7, 11) is 1.49. The number of nitrogens with one attached hydrogen (secondary N) is 1. The Kier molecular flexibility index (Phi) is 6.21. The smallest absolute Gasteiger partial charge is 0.416 e. The maximum absolute atomic E-state index is 12.5. The fourth-order valence-corrected chi connectivity index (χ4v) is 2.00. The number of alkyl halides is 3. The average molecular weight is 367 g/mol. The van der Waals surface area contributed by atoms with Crippen LogP contribution in [-0.2, 0) is 22.3 Å². The van der Waals surface area contributed by atoms with Gasteiger partial charge in [-0.25, -0.2) is 4.79 Å². The molecule has 0 heterocycles. The standard InChI is InChI=1S/C18H16F3NO4/c1-25-15-8-4-13(5-9-15)17(24)26-11-16(23)22-10-12-2-6-14(7-3-12)18(19,20)21/h2-9H,10-11H2,1H3,(H,22,23). The Balaban J connectivity index is 1.78. The lowest BCUT2D eigenvalue weighted by Crippen LogP contribution is -2.28. The summed E-state index contributed by atoms with van der Waals surface area (Å²) < 4.78 is 47.2. The third-order valence-corrected chi connectivity index (χ3v) is 3.43. The summed E-state index contributed by atoms with van der Waals surface area (Å²) in [4.78, 5) is 23.5. The normalized spacial score (nSPS) is 10.9. The van der Waals surface area contributed by atoms with E-state index in [-0.39, 0.29) is 12.1 Å². The van der Waals surface area contributed by atoms with Crippen LogP contribution in [0.4, 0.5) is 13.2 Å². The molecular weight excluding hydrogens is 351 g/mol. The van der Waals surface area contributed by atoms with Crippen LogP contribution in [-0.4, -0.2) is 25.6 Å². The highest BCUT2D eigenvalue weighted by Gasteiger charge is 2.29. The third kappa shape index (κ3) is 5.51. The lowest BCUT2D eigenvalue weighted by atomic mass is 10.1. The van der Waals surface area contributed by atoms with Gasteiger partial charge in [-0.15, -0.1) is 0 Å². The molecule has 0 radical (unpaired) electrons. The van der Waals surface area contributed by atoms with E-state index < -0.39 is 30.2 Å². The summed E-state index contributed by atoms with van der Waals surface area (Å²) in [5.74, 6) is -0.653. The van der Waals surface area contributed by atoms with E-state index in [9.17, 15) is 22.8 Å². The molecule has 0 spiro atoms. The number of rotatable bonds is 6. The number of esters is 1. The van der Waals surface area contributed by atoms with Crippen LogP contribution < -0.4 is 10.1 Å². The molecule has 0 unspecified atom stereocenters. The molecule has 0 fully saturated rings. The number of hydrogen-bond donors (Lipinski definition) is 1. The molecule has 8 heteroatoms. The zero-order chi connectivity index (χ0) is 19.2. The van der Waals surface area contributed by atoms with Crippen molar-refractivity contribution in [2.24, 2.45) is 0 Å². The van der Waals surface area contributed by atoms with Gasteiger partial charge in [0.1, 0.15) is 5.75 Å². The lowest BCUT2D eigenvalue weighted by molar-refractivity contribution is -0.137. The van der Waals surface area contributed by atoms with Crippen molar-refractivity contribution in [1.82, 2.24) is 5.32 Å². The molecule has 2 aromatic rings. The predicted molar refractivity (Wildman–Crippen MR) is 86.6 cm³/mol. The van der Waals surface area contributed by atoms with Gasteiger partial charge < -0.3 is 14.8 Å². The van der Waals surface area contributed by atoms with E-state index in [0.717, 1.165) is 12.1 Å². The number of benzene rings is 2. The average Bonchev–Trinajstić information content (AvgIpc) is 2.64. The maximum atomic E-state index is 12.5. The van der Waals surface area contributed by atoms with Crippen molar-refractivity contribution >= 4 is 11.9 Å². The zero-order valence-corrected chi connectivity index (χ0v) is 13.8. The predicted octanol–water partition coefficient (Wildman–Crippen LogP) is 3.19. The zero-order valence-electron chi connectivity index (χ0n) is 13.8. The van der Waals surface area contributed by atoms with Crippen LogP contribution in [0.1, 0.15) is 21.5 Å². The van der Waals surface area contributed by atoms with E-state index in [2.05, 4.69) is 5.32 Å². The van der Waals surface area contributed by atoms with Gasteiger partial charge >= 0.3 is 12.1 Å². The maximum Gasteiger partial charge on any atom is 0.416 e. The van der Waals surface area contributed by atoms with E-state index in [4.69, 9.17) is 9.47 Å². The Morgan fingerprint density at radius 3 is 2.15 bits per heavy atom. The lowest BCUT2D eigenvalue weighted by Gasteiger charge is -2.09. The van der Waals surface area contributed by atoms with Crippen LogP contribution in [0.25, 0.3) is 0 Å². The molecule has 0 bridgehead atoms. The van der Waals surface area contributed by atoms with Crippen LogP contribution in [0, 0.1) is 0 Å². The fourth-order valence-electron chi connectivity index (χ4n) is 2.00. The fraction of sp³-hybridized carbons (Fsp3) is 0.222. The molecule has 0 aliphatic heterocycles. The summed E-state index contributed by atoms with van der Waals surface area (Å²) in [6.07, 6.45) is -4.41. The van der Waals surface area contributed by atoms with E-state index in [1.807, 2.05) is 0 Å². The molecule has 0 aromatic heterocycles. The second-order valence-corrected chi connectivity index (χ2v) is 5.28. The Bertz CT molecular complexity index is 756. The van der Waals surface area contributed by atoms with Gasteiger partial charge in [-0.2, -0.15) is 13.2 Å². The number of amides is 1. The van der Waals surface area contributed by atoms with E-state index in [1.54, 1.807) is 12.1 Å². The number of carbonyl (C=O) groups is 2. The highest BCUT2D eigenvalue weighted by atomic mass is 19.4. The van der Waals surface area contributed by atoms with Gasteiger partial charge in [0, 0.05) is 6.54 Å². The van der Waals surface area contributed by atoms with Gasteiger partial charge in [-0.1, -0.05) is 12.1 Å². The second kappa shape index (κ2) is 8.37. The van der Waals surface area contributed by atoms with E-state index >= 15 is 0 Å². The largest absolute Gasteiger partial charge is 0.497 e. The Morgan fingerprint density at radius 1 is 1.00 bits per heavy atom. The Morgan fingerprint density at radius 2 is 1.62 bits per heavy atom. The summed E-state index contributed by atoms with van der Waals surface area (Å²) in [5, 5.41) is 2.46. The molecule has 1 N–H and O–H groups in total. The van der Waals surface area contributed by atoms with Crippen LogP contribution in [0.15, 0.2) is 48.5 Å². The van der Waals surface area contributed by atoms with Crippen LogP contribution in [0.3, 0.4) is 0 Å². The summed E-state index contributed by atoms with van der Waals surface area (Å²) in [6, 6.07) is 10.6. The number of carbonyl (C=O) groups excluding carboxylic acids is 2. The van der Waals surface area contributed by atoms with Crippen LogP contribution >= 0.6 is 0 Å². The minimum absolute atomic E-state index is 0.0249. The van der Waals surface area contributed by atoms with Crippen molar-refractivity contribution in [3.8, 4) is 5.75 Å². The van der Waals surface area contributed by atoms with Gasteiger partial charge in [-0.3, -0.25) is 4.79 Å². The van der Waals surface area contributed by atoms with Crippen molar-refractivity contribution < 1.29 is 32.2 Å². The van der Waals surface area contributed by atoms with E-state index in [0.29, 0.717) is 11.3 Å². The highest BCUT2D eigenvalue weighted by molar-refractivity contribution is 5.91. The summed E-state index contributed by atoms with van der Waals surface area (Å²) in [6.45, 7) is -0.470. The van der Waals surface area contributed by atoms with Crippen molar-refractivity contribution in [3.05, 3.63) is 65.2 Å². The van der Waals surface area contributed by atoms with Gasteiger partial charge in [0.25, 0.3) is 5.91 Å². The minimum Gasteiger partial charge on any atom is -0.497 e. The summed E-state index contributed by atoms with van der Waals surface area (Å²) in [5.41, 5.74) is -0.00447. The molecule has 2 aromatic carbocycles. The third-order valence-electron chi connectivity index (χ3n) is 3.43. The molecular formula is C18H16F3NO4. The molecule has 0 aliphatic rings. The first kappa shape index (κ1) is 19.3. The topological polar surface area (TPSA) is 64.6 Å². The SMILES string of the molecule is COc1ccc(C(=O)OCC(=O)NCc2ccc(C(F)(F)F)cc2)cc1. The molecule has 138 valence electrons. The first-order valence-corrected chi connectivity index (χ1v) is 7.53. The van der Waals surface area contributed by atoms with E-state index in [1.165, 1.54) is 31.4 Å². The van der Waals surface area contributed by atoms with Crippen molar-refractivity contribution in [2.45, 2.75) is 12.7 Å².